The minimum absolute atomic E-state index is 0.0150. The van der Waals surface area contributed by atoms with E-state index in [9.17, 15) is 15.4 Å². The standard InChI is InChI=1S/C23H25NO6/c1-28-18-9-13-14(10-19(18)29-2)21-12(6-7-17(25)23(21)30-3)20-15(13)11-24(27)8-4-5-16(24)22(20)26/h6-7,9-10,16,22,25-26H,4-5,8,11H2,1-3H3/t16-,22+,24?/m0/s1. The molecule has 5 rings (SSSR count). The number of aliphatic hydroxyl groups excluding tert-OH is 1. The highest BCUT2D eigenvalue weighted by molar-refractivity contribution is 6.15. The topological polar surface area (TPSA) is 91.2 Å². The fraction of sp³-hybridized carbons (Fsp3) is 0.391. The van der Waals surface area contributed by atoms with Crippen LogP contribution in [0.4, 0.5) is 0 Å². The molecule has 30 heavy (non-hydrogen) atoms. The quantitative estimate of drug-likeness (QED) is 0.388. The Labute approximate surface area is 174 Å². The summed E-state index contributed by atoms with van der Waals surface area (Å²) >= 11 is 0. The molecule has 1 saturated heterocycles. The van der Waals surface area contributed by atoms with Crippen LogP contribution in [-0.2, 0) is 6.54 Å². The lowest BCUT2D eigenvalue weighted by Crippen LogP contribution is -2.51. The molecule has 0 saturated carbocycles. The van der Waals surface area contributed by atoms with Crippen molar-refractivity contribution in [1.29, 1.82) is 0 Å². The molecule has 2 aliphatic rings. The molecular formula is C23H25NO6. The van der Waals surface area contributed by atoms with Crippen LogP contribution in [0.25, 0.3) is 21.5 Å². The zero-order valence-corrected chi connectivity index (χ0v) is 17.3. The van der Waals surface area contributed by atoms with E-state index in [4.69, 9.17) is 14.2 Å². The predicted octanol–water partition coefficient (Wildman–Crippen LogP) is 3.75. The average Bonchev–Trinajstić information content (AvgIpc) is 3.14. The van der Waals surface area contributed by atoms with Crippen LogP contribution >= 0.6 is 0 Å². The molecule has 7 nitrogen and oxygen atoms in total. The molecule has 0 aliphatic carbocycles. The number of phenolic OH excluding ortho intramolecular Hbond substituents is 1. The lowest BCUT2D eigenvalue weighted by Gasteiger charge is -2.50. The van der Waals surface area contributed by atoms with Gasteiger partial charge in [0.05, 0.1) is 27.9 Å². The maximum absolute atomic E-state index is 13.5. The maximum Gasteiger partial charge on any atom is 0.168 e. The van der Waals surface area contributed by atoms with Gasteiger partial charge in [-0.1, -0.05) is 6.07 Å². The van der Waals surface area contributed by atoms with Gasteiger partial charge >= 0.3 is 0 Å². The number of hydrogen-bond donors (Lipinski definition) is 2. The van der Waals surface area contributed by atoms with Gasteiger partial charge in [-0.2, -0.15) is 0 Å². The maximum atomic E-state index is 13.5. The van der Waals surface area contributed by atoms with E-state index in [-0.39, 0.29) is 11.8 Å². The van der Waals surface area contributed by atoms with Gasteiger partial charge in [0.2, 0.25) is 0 Å². The molecule has 158 valence electrons. The fourth-order valence-corrected chi connectivity index (χ4v) is 5.46. The van der Waals surface area contributed by atoms with E-state index in [0.717, 1.165) is 33.7 Å². The van der Waals surface area contributed by atoms with Crippen molar-refractivity contribution in [2.75, 3.05) is 27.9 Å². The van der Waals surface area contributed by atoms with E-state index in [1.165, 1.54) is 7.11 Å². The molecule has 0 bridgehead atoms. The first-order valence-corrected chi connectivity index (χ1v) is 10.1. The van der Waals surface area contributed by atoms with Crippen LogP contribution in [0.5, 0.6) is 23.0 Å². The van der Waals surface area contributed by atoms with Crippen molar-refractivity contribution in [3.8, 4) is 23.0 Å². The van der Waals surface area contributed by atoms with Gasteiger partial charge in [0, 0.05) is 29.4 Å². The summed E-state index contributed by atoms with van der Waals surface area (Å²) in [5.74, 6) is 1.43. The second kappa shape index (κ2) is 6.63. The Morgan fingerprint density at radius 1 is 1.00 bits per heavy atom. The van der Waals surface area contributed by atoms with Gasteiger partial charge in [0.25, 0.3) is 0 Å². The summed E-state index contributed by atoms with van der Waals surface area (Å²) in [5.41, 5.74) is 1.58. The summed E-state index contributed by atoms with van der Waals surface area (Å²) in [6.07, 6.45) is 0.615. The van der Waals surface area contributed by atoms with Gasteiger partial charge in [-0.05, 0) is 34.4 Å². The highest BCUT2D eigenvalue weighted by Crippen LogP contribution is 2.52. The highest BCUT2D eigenvalue weighted by atomic mass is 16.6. The number of hydrogen-bond acceptors (Lipinski definition) is 6. The van der Waals surface area contributed by atoms with Crippen molar-refractivity contribution in [1.82, 2.24) is 0 Å². The third-order valence-electron chi connectivity index (χ3n) is 6.80. The Bertz CT molecular complexity index is 1180. The zero-order valence-electron chi connectivity index (χ0n) is 17.3. The molecular weight excluding hydrogens is 386 g/mol. The molecule has 2 heterocycles. The van der Waals surface area contributed by atoms with Gasteiger partial charge in [-0.15, -0.1) is 0 Å². The van der Waals surface area contributed by atoms with E-state index in [0.29, 0.717) is 42.1 Å². The molecule has 0 aromatic heterocycles. The summed E-state index contributed by atoms with van der Waals surface area (Å²) in [7, 11) is 4.64. The van der Waals surface area contributed by atoms with E-state index in [2.05, 4.69) is 0 Å². The fourth-order valence-electron chi connectivity index (χ4n) is 5.46. The number of methoxy groups -OCH3 is 3. The summed E-state index contributed by atoms with van der Waals surface area (Å²) in [4.78, 5) is 0. The molecule has 2 N–H and O–H groups in total. The number of nitrogens with zero attached hydrogens (tertiary/aromatic N) is 1. The van der Waals surface area contributed by atoms with Crippen molar-refractivity contribution >= 4 is 21.5 Å². The van der Waals surface area contributed by atoms with Gasteiger partial charge < -0.3 is 34.3 Å². The number of hydroxylamine groups is 3. The van der Waals surface area contributed by atoms with Crippen molar-refractivity contribution in [3.05, 3.63) is 40.6 Å². The van der Waals surface area contributed by atoms with Crippen molar-refractivity contribution < 1.29 is 29.1 Å². The Balaban J connectivity index is 1.98. The zero-order chi connectivity index (χ0) is 21.2. The van der Waals surface area contributed by atoms with Crippen LogP contribution in [0.15, 0.2) is 24.3 Å². The molecule has 0 radical (unpaired) electrons. The average molecular weight is 411 g/mol. The second-order valence-electron chi connectivity index (χ2n) is 8.17. The molecule has 1 unspecified atom stereocenters. The number of aromatic hydroxyl groups is 1. The van der Waals surface area contributed by atoms with Crippen molar-refractivity contribution in [2.45, 2.75) is 31.5 Å². The number of phenols is 1. The third kappa shape index (κ3) is 2.43. The minimum atomic E-state index is -0.886. The van der Waals surface area contributed by atoms with Gasteiger partial charge in [-0.25, -0.2) is 0 Å². The number of ether oxygens (including phenoxy) is 3. The molecule has 1 fully saturated rings. The lowest BCUT2D eigenvalue weighted by molar-refractivity contribution is -0.912. The minimum Gasteiger partial charge on any atom is -0.632 e. The van der Waals surface area contributed by atoms with Crippen LogP contribution in [0.3, 0.4) is 0 Å². The van der Waals surface area contributed by atoms with Crippen LogP contribution in [0.2, 0.25) is 0 Å². The van der Waals surface area contributed by atoms with Crippen LogP contribution in [-0.4, -0.2) is 48.8 Å². The third-order valence-corrected chi connectivity index (χ3v) is 6.80. The van der Waals surface area contributed by atoms with Crippen molar-refractivity contribution in [2.24, 2.45) is 0 Å². The Morgan fingerprint density at radius 2 is 1.70 bits per heavy atom. The number of quaternary nitrogens is 1. The first kappa shape index (κ1) is 19.2. The first-order valence-electron chi connectivity index (χ1n) is 10.1. The predicted molar refractivity (Wildman–Crippen MR) is 113 cm³/mol. The summed E-state index contributed by atoms with van der Waals surface area (Å²) < 4.78 is 16.2. The van der Waals surface area contributed by atoms with Crippen molar-refractivity contribution in [3.63, 3.8) is 0 Å². The summed E-state index contributed by atoms with van der Waals surface area (Å²) in [6.45, 7) is 0.801. The molecule has 7 heteroatoms. The monoisotopic (exact) mass is 411 g/mol. The number of benzene rings is 3. The van der Waals surface area contributed by atoms with Crippen LogP contribution < -0.4 is 14.2 Å². The Hall–Kier alpha value is -2.74. The summed E-state index contributed by atoms with van der Waals surface area (Å²) in [6, 6.07) is 6.69. The van der Waals surface area contributed by atoms with E-state index in [1.807, 2.05) is 12.1 Å². The van der Waals surface area contributed by atoms with Gasteiger partial charge in [0.15, 0.2) is 23.0 Å². The number of aliphatic hydroxyl groups is 1. The van der Waals surface area contributed by atoms with Crippen LogP contribution in [0, 0.1) is 5.21 Å². The molecule has 3 aromatic carbocycles. The van der Waals surface area contributed by atoms with Gasteiger partial charge in [-0.3, -0.25) is 0 Å². The van der Waals surface area contributed by atoms with E-state index in [1.54, 1.807) is 26.4 Å². The largest absolute Gasteiger partial charge is 0.632 e. The van der Waals surface area contributed by atoms with Gasteiger partial charge in [0.1, 0.15) is 18.7 Å². The molecule has 2 aliphatic heterocycles. The lowest BCUT2D eigenvalue weighted by atomic mass is 9.83. The SMILES string of the molecule is COc1cc2c3c(c4ccc(O)c(OC)c4c2cc1OC)[C@H](O)[C@@H]1CCC[N+]1([O-])C3. The highest BCUT2D eigenvalue weighted by Gasteiger charge is 2.46. The van der Waals surface area contributed by atoms with E-state index < -0.39 is 10.8 Å². The molecule has 0 amide bonds. The molecule has 3 atom stereocenters. The Kier molecular flexibility index (Phi) is 4.25. The smallest absolute Gasteiger partial charge is 0.168 e. The number of rotatable bonds is 3. The Morgan fingerprint density at radius 3 is 2.37 bits per heavy atom. The number of fused-ring (bicyclic) bond motifs is 7. The molecule has 3 aromatic rings. The summed E-state index contributed by atoms with van der Waals surface area (Å²) in [5, 5.41) is 38.4. The molecule has 0 spiro atoms. The first-order chi connectivity index (χ1) is 14.4. The second-order valence-corrected chi connectivity index (χ2v) is 8.17. The normalized spacial score (nSPS) is 25.2. The van der Waals surface area contributed by atoms with E-state index >= 15 is 0 Å². The van der Waals surface area contributed by atoms with Crippen LogP contribution in [0.1, 0.15) is 30.1 Å².